The molecule has 1 heterocycles. The van der Waals surface area contributed by atoms with Crippen LogP contribution in [0.1, 0.15) is 18.2 Å². The smallest absolute Gasteiger partial charge is 0.379 e. The fourth-order valence-corrected chi connectivity index (χ4v) is 2.57. The maximum absolute atomic E-state index is 12.9. The third-order valence-corrected chi connectivity index (χ3v) is 3.76. The number of rotatable bonds is 3. The quantitative estimate of drug-likeness (QED) is 0.499. The molecule has 0 bridgehead atoms. The molecule has 11 heteroatoms. The lowest BCUT2D eigenvalue weighted by molar-refractivity contribution is -0.387. The van der Waals surface area contributed by atoms with E-state index in [1.807, 2.05) is 0 Å². The molecule has 0 fully saturated rings. The van der Waals surface area contributed by atoms with Gasteiger partial charge in [0.15, 0.2) is 0 Å². The van der Waals surface area contributed by atoms with E-state index < -0.39 is 38.2 Å². The van der Waals surface area contributed by atoms with Crippen LogP contribution >= 0.6 is 0 Å². The molecule has 0 aliphatic rings. The lowest BCUT2D eigenvalue weighted by atomic mass is 10.1. The number of nitro groups is 1. The molecule has 23 heavy (non-hydrogen) atoms. The van der Waals surface area contributed by atoms with Crippen molar-refractivity contribution in [2.24, 2.45) is 0 Å². The minimum Gasteiger partial charge on any atom is -0.379 e. The number of fused-ring (bicyclic) bond motifs is 1. The highest BCUT2D eigenvalue weighted by Crippen LogP contribution is 2.39. The van der Waals surface area contributed by atoms with Crippen molar-refractivity contribution in [3.63, 3.8) is 0 Å². The topological polar surface area (TPSA) is 113 Å². The average Bonchev–Trinajstić information content (AvgIpc) is 2.78. The molecule has 0 aliphatic heterocycles. The Balaban J connectivity index is 2.74. The lowest BCUT2D eigenvalue weighted by Gasteiger charge is -2.14. The largest absolute Gasteiger partial charge is 0.423 e. The highest BCUT2D eigenvalue weighted by molar-refractivity contribution is 7.71. The summed E-state index contributed by atoms with van der Waals surface area (Å²) in [4.78, 5) is 12.1. The second kappa shape index (κ2) is 5.35. The van der Waals surface area contributed by atoms with Gasteiger partial charge in [0.25, 0.3) is 5.69 Å². The number of nitrogens with zero attached hydrogens (tertiary/aromatic N) is 1. The fourth-order valence-electron chi connectivity index (χ4n) is 2.07. The van der Waals surface area contributed by atoms with E-state index in [0.29, 0.717) is 17.5 Å². The van der Waals surface area contributed by atoms with E-state index in [2.05, 4.69) is 4.98 Å². The molecule has 1 aromatic heterocycles. The van der Waals surface area contributed by atoms with E-state index >= 15 is 0 Å². The third-order valence-electron chi connectivity index (χ3n) is 3.11. The van der Waals surface area contributed by atoms with Gasteiger partial charge in [0.2, 0.25) is 10.3 Å². The Morgan fingerprint density at radius 1 is 1.30 bits per heavy atom. The van der Waals surface area contributed by atoms with Crippen molar-refractivity contribution >= 4 is 32.3 Å². The van der Waals surface area contributed by atoms with Crippen molar-refractivity contribution in [1.29, 1.82) is 0 Å². The van der Waals surface area contributed by atoms with Gasteiger partial charge in [-0.2, -0.15) is 21.6 Å². The SMILES string of the molecule is CC(O)(C=S(=O)=O)c1cc2cc([N+](=O)[O-])c(C(F)(F)F)cc2[nH]1. The van der Waals surface area contributed by atoms with Gasteiger partial charge < -0.3 is 10.1 Å². The van der Waals surface area contributed by atoms with Gasteiger partial charge in [-0.1, -0.05) is 0 Å². The van der Waals surface area contributed by atoms with Crippen LogP contribution in [-0.4, -0.2) is 28.8 Å². The number of nitro benzene ring substituents is 1. The molecular weight excluding hydrogens is 341 g/mol. The summed E-state index contributed by atoms with van der Waals surface area (Å²) in [5.74, 6) is 0. The first-order valence-electron chi connectivity index (χ1n) is 5.97. The summed E-state index contributed by atoms with van der Waals surface area (Å²) in [6, 6.07) is 2.40. The molecule has 0 saturated heterocycles. The van der Waals surface area contributed by atoms with Crippen LogP contribution in [0.15, 0.2) is 18.2 Å². The number of alkyl halides is 3. The molecule has 0 radical (unpaired) electrons. The maximum atomic E-state index is 12.9. The number of hydrogen-bond donors (Lipinski definition) is 2. The predicted molar refractivity (Wildman–Crippen MR) is 74.5 cm³/mol. The Labute approximate surface area is 128 Å². The zero-order chi connectivity index (χ0) is 17.6. The van der Waals surface area contributed by atoms with Crippen molar-refractivity contribution in [3.8, 4) is 0 Å². The van der Waals surface area contributed by atoms with Crippen molar-refractivity contribution in [2.45, 2.75) is 18.7 Å². The van der Waals surface area contributed by atoms with Crippen LogP contribution in [0, 0.1) is 10.1 Å². The lowest BCUT2D eigenvalue weighted by Crippen LogP contribution is -2.23. The standard InChI is InChI=1S/C12H9F3N2O5S/c1-11(18,5-23(21)22)10-3-6-2-9(17(19)20)7(12(13,14)15)4-8(6)16-10/h2-5,16,18H,1H3. The molecule has 2 rings (SSSR count). The Bertz CT molecular complexity index is 920. The van der Waals surface area contributed by atoms with E-state index in [1.54, 1.807) is 0 Å². The zero-order valence-corrected chi connectivity index (χ0v) is 12.2. The second-order valence-corrected chi connectivity index (χ2v) is 5.68. The molecule has 0 aliphatic carbocycles. The van der Waals surface area contributed by atoms with Gasteiger partial charge in [-0.15, -0.1) is 0 Å². The van der Waals surface area contributed by atoms with Crippen LogP contribution in [0.25, 0.3) is 10.9 Å². The summed E-state index contributed by atoms with van der Waals surface area (Å²) in [7, 11) is -2.72. The Morgan fingerprint density at radius 3 is 2.39 bits per heavy atom. The van der Waals surface area contributed by atoms with E-state index in [1.165, 1.54) is 0 Å². The number of aliphatic hydroxyl groups is 1. The first kappa shape index (κ1) is 17.0. The van der Waals surface area contributed by atoms with Gasteiger partial charge in [0.05, 0.1) is 16.0 Å². The highest BCUT2D eigenvalue weighted by atomic mass is 32.2. The van der Waals surface area contributed by atoms with E-state index in [9.17, 15) is 36.8 Å². The molecule has 1 atom stereocenters. The van der Waals surface area contributed by atoms with Gasteiger partial charge in [-0.3, -0.25) is 10.1 Å². The molecule has 1 aromatic carbocycles. The summed E-state index contributed by atoms with van der Waals surface area (Å²) in [6.07, 6.45) is -4.94. The van der Waals surface area contributed by atoms with Crippen LogP contribution in [0.3, 0.4) is 0 Å². The van der Waals surface area contributed by atoms with Gasteiger partial charge >= 0.3 is 6.18 Å². The highest BCUT2D eigenvalue weighted by Gasteiger charge is 2.39. The monoisotopic (exact) mass is 350 g/mol. The third kappa shape index (κ3) is 3.35. The van der Waals surface area contributed by atoms with Crippen molar-refractivity contribution in [3.05, 3.63) is 39.6 Å². The summed E-state index contributed by atoms with van der Waals surface area (Å²) in [5, 5.41) is 21.4. The molecule has 1 unspecified atom stereocenters. The van der Waals surface area contributed by atoms with Gasteiger partial charge in [-0.05, 0) is 19.1 Å². The molecular formula is C12H9F3N2O5S. The number of hydrogen-bond acceptors (Lipinski definition) is 5. The minimum atomic E-state index is -4.94. The van der Waals surface area contributed by atoms with Gasteiger partial charge in [0, 0.05) is 17.0 Å². The molecule has 2 aromatic rings. The molecule has 0 amide bonds. The van der Waals surface area contributed by atoms with Crippen LogP contribution in [-0.2, 0) is 22.1 Å². The Hall–Kier alpha value is -2.40. The van der Waals surface area contributed by atoms with E-state index in [4.69, 9.17) is 0 Å². The number of aromatic nitrogens is 1. The molecule has 0 saturated carbocycles. The van der Waals surface area contributed by atoms with Crippen LogP contribution < -0.4 is 0 Å². The number of benzene rings is 1. The van der Waals surface area contributed by atoms with Crippen LogP contribution in [0.2, 0.25) is 0 Å². The van der Waals surface area contributed by atoms with Gasteiger partial charge in [-0.25, -0.2) is 0 Å². The fraction of sp³-hybridized carbons (Fsp3) is 0.250. The maximum Gasteiger partial charge on any atom is 0.423 e. The Morgan fingerprint density at radius 2 is 1.91 bits per heavy atom. The number of H-pyrrole nitrogens is 1. The number of nitrogens with one attached hydrogen (secondary N) is 1. The first-order chi connectivity index (χ1) is 10.4. The van der Waals surface area contributed by atoms with E-state index in [0.717, 1.165) is 13.0 Å². The first-order valence-corrected chi connectivity index (χ1v) is 7.11. The molecule has 2 N–H and O–H groups in total. The second-order valence-electron chi connectivity index (χ2n) is 4.92. The van der Waals surface area contributed by atoms with E-state index in [-0.39, 0.29) is 16.6 Å². The van der Waals surface area contributed by atoms with Crippen molar-refractivity contribution in [1.82, 2.24) is 4.98 Å². The normalized spacial score (nSPS) is 14.5. The number of aromatic amines is 1. The van der Waals surface area contributed by atoms with Crippen molar-refractivity contribution in [2.75, 3.05) is 0 Å². The summed E-state index contributed by atoms with van der Waals surface area (Å²) < 4.78 is 60.0. The summed E-state index contributed by atoms with van der Waals surface area (Å²) in [5.41, 5.74) is -4.82. The molecule has 0 spiro atoms. The van der Waals surface area contributed by atoms with Crippen LogP contribution in [0.4, 0.5) is 18.9 Å². The zero-order valence-electron chi connectivity index (χ0n) is 11.4. The molecule has 124 valence electrons. The summed E-state index contributed by atoms with van der Waals surface area (Å²) >= 11 is 0. The number of halogens is 3. The van der Waals surface area contributed by atoms with Crippen molar-refractivity contribution < 1.29 is 31.6 Å². The average molecular weight is 350 g/mol. The summed E-state index contributed by atoms with van der Waals surface area (Å²) in [6.45, 7) is 1.10. The van der Waals surface area contributed by atoms with Gasteiger partial charge in [0.1, 0.15) is 11.2 Å². The Kier molecular flexibility index (Phi) is 3.95. The predicted octanol–water partition coefficient (Wildman–Crippen LogP) is 1.98. The van der Waals surface area contributed by atoms with Crippen LogP contribution in [0.5, 0.6) is 0 Å². The molecule has 7 nitrogen and oxygen atoms in total. The minimum absolute atomic E-state index is 0.0325.